The molecule has 170 valence electrons. The van der Waals surface area contributed by atoms with E-state index in [1.165, 1.54) is 0 Å². The van der Waals surface area contributed by atoms with Crippen molar-refractivity contribution < 1.29 is 9.53 Å². The first kappa shape index (κ1) is 26.6. The van der Waals surface area contributed by atoms with E-state index in [4.69, 9.17) is 4.74 Å². The van der Waals surface area contributed by atoms with Crippen molar-refractivity contribution in [3.63, 3.8) is 0 Å². The molecule has 1 aromatic carbocycles. The number of rotatable bonds is 12. The van der Waals surface area contributed by atoms with Crippen molar-refractivity contribution in [2.75, 3.05) is 52.3 Å². The molecule has 1 aromatic rings. The lowest BCUT2D eigenvalue weighted by molar-refractivity contribution is -0.122. The molecule has 1 amide bonds. The second-order valence-electron chi connectivity index (χ2n) is 7.59. The van der Waals surface area contributed by atoms with Gasteiger partial charge in [-0.2, -0.15) is 0 Å². The molecule has 7 nitrogen and oxygen atoms in total. The van der Waals surface area contributed by atoms with Crippen molar-refractivity contribution in [1.82, 2.24) is 15.5 Å². The van der Waals surface area contributed by atoms with Gasteiger partial charge in [-0.15, -0.1) is 24.0 Å². The molecule has 3 N–H and O–H groups in total. The predicted octanol–water partition coefficient (Wildman–Crippen LogP) is 3.07. The summed E-state index contributed by atoms with van der Waals surface area (Å²) >= 11 is 0. The largest absolute Gasteiger partial charge is 0.385 e. The molecule has 0 atom stereocenters. The second-order valence-corrected chi connectivity index (χ2v) is 7.59. The minimum Gasteiger partial charge on any atom is -0.385 e. The Balaban J connectivity index is 0.00000450. The summed E-state index contributed by atoms with van der Waals surface area (Å²) in [6, 6.07) is 7.95. The number of hydrogen-bond acceptors (Lipinski definition) is 4. The normalized spacial score (nSPS) is 14.1. The molecule has 30 heavy (non-hydrogen) atoms. The second kappa shape index (κ2) is 15.4. The monoisotopic (exact) mass is 531 g/mol. The van der Waals surface area contributed by atoms with Crippen molar-refractivity contribution >= 4 is 41.5 Å². The predicted molar refractivity (Wildman–Crippen MR) is 135 cm³/mol. The average molecular weight is 531 g/mol. The highest BCUT2D eigenvalue weighted by Crippen LogP contribution is 2.27. The number of carbonyl (C=O) groups is 1. The van der Waals surface area contributed by atoms with Crippen LogP contribution in [0.5, 0.6) is 0 Å². The van der Waals surface area contributed by atoms with E-state index in [1.807, 2.05) is 24.3 Å². The third-order valence-corrected chi connectivity index (χ3v) is 5.11. The minimum atomic E-state index is 0. The number of benzene rings is 1. The highest BCUT2D eigenvalue weighted by molar-refractivity contribution is 14.0. The Kier molecular flexibility index (Phi) is 13.7. The van der Waals surface area contributed by atoms with Gasteiger partial charge in [0.1, 0.15) is 0 Å². The molecule has 1 aliphatic carbocycles. The highest BCUT2D eigenvalue weighted by Gasteiger charge is 2.25. The third-order valence-electron chi connectivity index (χ3n) is 5.11. The van der Waals surface area contributed by atoms with Gasteiger partial charge in [0.25, 0.3) is 0 Å². The van der Waals surface area contributed by atoms with Gasteiger partial charge in [-0.3, -0.25) is 4.79 Å². The average Bonchev–Trinajstić information content (AvgIpc) is 2.65. The van der Waals surface area contributed by atoms with Crippen LogP contribution in [0.25, 0.3) is 0 Å². The summed E-state index contributed by atoms with van der Waals surface area (Å²) in [7, 11) is 3.85. The van der Waals surface area contributed by atoms with Gasteiger partial charge in [0, 0.05) is 51.5 Å². The lowest BCUT2D eigenvalue weighted by Crippen LogP contribution is -2.41. The van der Waals surface area contributed by atoms with E-state index < -0.39 is 0 Å². The summed E-state index contributed by atoms with van der Waals surface area (Å²) < 4.78 is 5.10. The fourth-order valence-electron chi connectivity index (χ4n) is 3.13. The molecule has 1 saturated carbocycles. The van der Waals surface area contributed by atoms with Crippen LogP contribution < -0.4 is 16.0 Å². The Bertz CT molecular complexity index is 652. The molecule has 0 saturated heterocycles. The SMILES string of the molecule is CCNC(=NCc1cccc(NC(=O)C2CCC2)c1)NCCN(C)CCCOC.I. The van der Waals surface area contributed by atoms with Crippen LogP contribution in [0, 0.1) is 5.92 Å². The maximum Gasteiger partial charge on any atom is 0.227 e. The van der Waals surface area contributed by atoms with E-state index >= 15 is 0 Å². The zero-order valence-corrected chi connectivity index (χ0v) is 20.9. The fourth-order valence-corrected chi connectivity index (χ4v) is 3.13. The van der Waals surface area contributed by atoms with Crippen molar-refractivity contribution in [1.29, 1.82) is 0 Å². The smallest absolute Gasteiger partial charge is 0.227 e. The van der Waals surface area contributed by atoms with Crippen molar-refractivity contribution in [3.05, 3.63) is 29.8 Å². The number of methoxy groups -OCH3 is 1. The maximum atomic E-state index is 12.1. The van der Waals surface area contributed by atoms with Crippen LogP contribution in [-0.2, 0) is 16.1 Å². The van der Waals surface area contributed by atoms with Crippen LogP contribution in [0.3, 0.4) is 0 Å². The Morgan fingerprint density at radius 1 is 1.27 bits per heavy atom. The molecule has 0 radical (unpaired) electrons. The summed E-state index contributed by atoms with van der Waals surface area (Å²) in [5, 5.41) is 9.70. The van der Waals surface area contributed by atoms with Crippen LogP contribution in [0.4, 0.5) is 5.69 Å². The number of amides is 1. The molecule has 0 heterocycles. The molecular formula is C22H38IN5O2. The van der Waals surface area contributed by atoms with E-state index in [9.17, 15) is 4.79 Å². The fraction of sp³-hybridized carbons (Fsp3) is 0.636. The first-order valence-corrected chi connectivity index (χ1v) is 10.7. The molecule has 0 unspecified atom stereocenters. The standard InChI is InChI=1S/C22H37N5O2.HI/c1-4-23-22(24-12-14-27(2)13-7-15-29-3)25-17-18-8-5-11-20(16-18)26-21(28)19-9-6-10-19;/h5,8,11,16,19H,4,6-7,9-10,12-15,17H2,1-3H3,(H,26,28)(H2,23,24,25);1H. The molecular weight excluding hydrogens is 493 g/mol. The van der Waals surface area contributed by atoms with Gasteiger partial charge in [0.2, 0.25) is 5.91 Å². The molecule has 0 bridgehead atoms. The molecule has 8 heteroatoms. The minimum absolute atomic E-state index is 0. The van der Waals surface area contributed by atoms with Crippen molar-refractivity contribution in [3.8, 4) is 0 Å². The van der Waals surface area contributed by atoms with Crippen LogP contribution in [0.2, 0.25) is 0 Å². The quantitative estimate of drug-likeness (QED) is 0.167. The Morgan fingerprint density at radius 3 is 2.73 bits per heavy atom. The van der Waals surface area contributed by atoms with E-state index in [0.717, 1.165) is 75.7 Å². The summed E-state index contributed by atoms with van der Waals surface area (Å²) in [5.74, 6) is 1.14. The van der Waals surface area contributed by atoms with Gasteiger partial charge in [-0.05, 0) is 50.9 Å². The number of nitrogens with one attached hydrogen (secondary N) is 3. The zero-order chi connectivity index (χ0) is 20.9. The molecule has 1 fully saturated rings. The first-order chi connectivity index (χ1) is 14.1. The number of aliphatic imine (C=N–C) groups is 1. The number of hydrogen-bond donors (Lipinski definition) is 3. The third kappa shape index (κ3) is 10.1. The molecule has 1 aliphatic rings. The summed E-state index contributed by atoms with van der Waals surface area (Å²) in [5.41, 5.74) is 1.93. The van der Waals surface area contributed by atoms with E-state index in [-0.39, 0.29) is 35.8 Å². The molecule has 2 rings (SSSR count). The van der Waals surface area contributed by atoms with E-state index in [0.29, 0.717) is 6.54 Å². The first-order valence-electron chi connectivity index (χ1n) is 10.7. The van der Waals surface area contributed by atoms with E-state index in [1.54, 1.807) is 7.11 Å². The van der Waals surface area contributed by atoms with Gasteiger partial charge in [0.15, 0.2) is 5.96 Å². The van der Waals surface area contributed by atoms with Crippen LogP contribution in [0.1, 0.15) is 38.2 Å². The lowest BCUT2D eigenvalue weighted by atomic mass is 9.85. The number of nitrogens with zero attached hydrogens (tertiary/aromatic N) is 2. The lowest BCUT2D eigenvalue weighted by Gasteiger charge is -2.24. The summed E-state index contributed by atoms with van der Waals surface area (Å²) in [6.07, 6.45) is 4.22. The number of ether oxygens (including phenoxy) is 1. The van der Waals surface area contributed by atoms with Gasteiger partial charge >= 0.3 is 0 Å². The number of halogens is 1. The highest BCUT2D eigenvalue weighted by atomic mass is 127. The van der Waals surface area contributed by atoms with Gasteiger partial charge in [0.05, 0.1) is 6.54 Å². The Hall–Kier alpha value is -1.39. The number of carbonyl (C=O) groups excluding carboxylic acids is 1. The topological polar surface area (TPSA) is 78.0 Å². The molecule has 0 aliphatic heterocycles. The van der Waals surface area contributed by atoms with Crippen molar-refractivity contribution in [2.45, 2.75) is 39.2 Å². The number of likely N-dealkylation sites (N-methyl/N-ethyl adjacent to an activating group) is 1. The maximum absolute atomic E-state index is 12.1. The van der Waals surface area contributed by atoms with Crippen LogP contribution in [-0.4, -0.2) is 63.7 Å². The number of anilines is 1. The summed E-state index contributed by atoms with van der Waals surface area (Å²) in [6.45, 7) is 7.01. The van der Waals surface area contributed by atoms with Crippen LogP contribution >= 0.6 is 24.0 Å². The zero-order valence-electron chi connectivity index (χ0n) is 18.6. The summed E-state index contributed by atoms with van der Waals surface area (Å²) in [4.78, 5) is 19.1. The van der Waals surface area contributed by atoms with Gasteiger partial charge in [-0.25, -0.2) is 4.99 Å². The van der Waals surface area contributed by atoms with Crippen molar-refractivity contribution in [2.24, 2.45) is 10.9 Å². The molecule has 0 aromatic heterocycles. The molecule has 0 spiro atoms. The Morgan fingerprint density at radius 2 is 2.07 bits per heavy atom. The van der Waals surface area contributed by atoms with Gasteiger partial charge in [-0.1, -0.05) is 18.6 Å². The number of guanidine groups is 1. The van der Waals surface area contributed by atoms with Gasteiger partial charge < -0.3 is 25.6 Å². The van der Waals surface area contributed by atoms with E-state index in [2.05, 4.69) is 39.8 Å². The van der Waals surface area contributed by atoms with Crippen LogP contribution in [0.15, 0.2) is 29.3 Å². The Labute approximate surface area is 198 Å².